The van der Waals surface area contributed by atoms with Crippen molar-refractivity contribution in [2.75, 3.05) is 11.3 Å². The highest BCUT2D eigenvalue weighted by Gasteiger charge is 2.46. The summed E-state index contributed by atoms with van der Waals surface area (Å²) in [5.41, 5.74) is -3.15. The molecule has 8 nitrogen and oxygen atoms in total. The predicted octanol–water partition coefficient (Wildman–Crippen LogP) is 6.99. The third-order valence-corrected chi connectivity index (χ3v) is 8.46. The summed E-state index contributed by atoms with van der Waals surface area (Å²) in [4.78, 5) is 17.7. The molecule has 2 aromatic heterocycles. The number of halogens is 4. The number of sulfonamides is 1. The van der Waals surface area contributed by atoms with E-state index in [2.05, 4.69) is 15.9 Å². The highest BCUT2D eigenvalue weighted by Crippen LogP contribution is 2.43. The summed E-state index contributed by atoms with van der Waals surface area (Å²) in [6.07, 6.45) is 2.57. The molecule has 1 N–H and O–H groups in total. The number of aromatic nitrogens is 2. The summed E-state index contributed by atoms with van der Waals surface area (Å²) in [6.45, 7) is 4.30. The normalized spacial score (nSPS) is 14.1. The summed E-state index contributed by atoms with van der Waals surface area (Å²) in [6, 6.07) is 11.1. The smallest absolute Gasteiger partial charge is 0.461 e. The van der Waals surface area contributed by atoms with Crippen LogP contribution in [0.4, 0.5) is 18.9 Å². The fourth-order valence-electron chi connectivity index (χ4n) is 4.56. The fraction of sp³-hybridized carbons (Fsp3) is 0.333. The van der Waals surface area contributed by atoms with Crippen molar-refractivity contribution >= 4 is 48.6 Å². The van der Waals surface area contributed by atoms with Gasteiger partial charge in [-0.25, -0.2) is 9.78 Å². The van der Waals surface area contributed by atoms with E-state index >= 15 is 0 Å². The molecule has 4 aromatic rings. The van der Waals surface area contributed by atoms with Gasteiger partial charge in [0.15, 0.2) is 11.5 Å². The molecule has 0 saturated heterocycles. The first-order valence-corrected chi connectivity index (χ1v) is 14.9. The van der Waals surface area contributed by atoms with Crippen molar-refractivity contribution in [1.29, 1.82) is 0 Å². The van der Waals surface area contributed by atoms with Crippen molar-refractivity contribution in [1.82, 2.24) is 9.55 Å². The number of furan rings is 1. The number of rotatable bonds is 9. The molecule has 40 heavy (non-hydrogen) atoms. The summed E-state index contributed by atoms with van der Waals surface area (Å²) >= 11 is 3.49. The number of esters is 1. The van der Waals surface area contributed by atoms with Gasteiger partial charge in [-0.05, 0) is 65.5 Å². The number of hydrogen-bond donors (Lipinski definition) is 1. The van der Waals surface area contributed by atoms with Crippen LogP contribution in [-0.2, 0) is 27.7 Å². The summed E-state index contributed by atoms with van der Waals surface area (Å²) in [5.74, 6) is 0.756. The van der Waals surface area contributed by atoms with Gasteiger partial charge in [0.2, 0.25) is 0 Å². The van der Waals surface area contributed by atoms with Crippen LogP contribution in [0, 0.1) is 0 Å². The van der Waals surface area contributed by atoms with E-state index in [0.717, 1.165) is 29.9 Å². The molecule has 13 heteroatoms. The maximum Gasteiger partial charge on any atom is 0.516 e. The van der Waals surface area contributed by atoms with E-state index in [1.165, 1.54) is 18.2 Å². The number of ether oxygens (including phenoxy) is 1. The van der Waals surface area contributed by atoms with Gasteiger partial charge in [-0.3, -0.25) is 4.72 Å². The summed E-state index contributed by atoms with van der Waals surface area (Å²) in [5, 5.41) is 0.624. The average molecular weight is 640 g/mol. The Morgan fingerprint density at radius 1 is 1.20 bits per heavy atom. The van der Waals surface area contributed by atoms with Gasteiger partial charge in [0.1, 0.15) is 11.4 Å². The molecule has 0 unspecified atom stereocenters. The molecule has 0 spiro atoms. The maximum absolute atomic E-state index is 13.0. The molecule has 5 rings (SSSR count). The zero-order valence-corrected chi connectivity index (χ0v) is 23.9. The Balaban J connectivity index is 1.54. The lowest BCUT2D eigenvalue weighted by molar-refractivity contribution is -0.0429. The lowest BCUT2D eigenvalue weighted by Gasteiger charge is -2.13. The van der Waals surface area contributed by atoms with Crippen LogP contribution in [0.1, 0.15) is 60.2 Å². The zero-order valence-electron chi connectivity index (χ0n) is 21.5. The minimum absolute atomic E-state index is 0.126. The van der Waals surface area contributed by atoms with E-state index in [0.29, 0.717) is 34.1 Å². The van der Waals surface area contributed by atoms with Crippen LogP contribution in [0.15, 0.2) is 51.4 Å². The molecule has 0 radical (unpaired) electrons. The Hall–Kier alpha value is -3.32. The van der Waals surface area contributed by atoms with Crippen molar-refractivity contribution in [3.63, 3.8) is 0 Å². The largest absolute Gasteiger partial charge is 0.516 e. The first kappa shape index (κ1) is 28.2. The molecule has 0 bridgehead atoms. The molecule has 2 aromatic carbocycles. The van der Waals surface area contributed by atoms with Gasteiger partial charge in [0, 0.05) is 29.8 Å². The Bertz CT molecular complexity index is 1710. The number of anilines is 1. The van der Waals surface area contributed by atoms with E-state index in [1.807, 2.05) is 23.6 Å². The summed E-state index contributed by atoms with van der Waals surface area (Å²) < 4.78 is 77.9. The van der Waals surface area contributed by atoms with Crippen LogP contribution in [0.3, 0.4) is 0 Å². The number of aryl methyl sites for hydroxylation is 1. The zero-order chi connectivity index (χ0) is 28.8. The van der Waals surface area contributed by atoms with E-state index in [1.54, 1.807) is 23.8 Å². The van der Waals surface area contributed by atoms with Crippen LogP contribution in [-0.4, -0.2) is 36.1 Å². The number of alkyl halides is 3. The summed E-state index contributed by atoms with van der Waals surface area (Å²) in [7, 11) is -5.64. The third kappa shape index (κ3) is 5.24. The molecular formula is C27H25BrF3N3O5S. The molecule has 0 amide bonds. The Morgan fingerprint density at radius 3 is 2.58 bits per heavy atom. The highest BCUT2D eigenvalue weighted by atomic mass is 79.9. The van der Waals surface area contributed by atoms with E-state index in [4.69, 9.17) is 14.1 Å². The number of benzene rings is 2. The molecule has 1 aliphatic carbocycles. The first-order chi connectivity index (χ1) is 18.9. The van der Waals surface area contributed by atoms with Crippen LogP contribution < -0.4 is 4.72 Å². The average Bonchev–Trinajstić information content (AvgIpc) is 3.61. The second-order valence-electron chi connectivity index (χ2n) is 9.37. The number of hydrogen-bond acceptors (Lipinski definition) is 6. The number of imidazole rings is 1. The Morgan fingerprint density at radius 2 is 1.93 bits per heavy atom. The quantitative estimate of drug-likeness (QED) is 0.198. The SMILES string of the molecule is CCOC(=O)c1c(C2CC2)nc(CC)n1Cc1ccc2oc(-c3ccccc3NS(=O)(=O)C(F)(F)F)c(Br)c2c1. The maximum atomic E-state index is 13.0. The molecule has 1 fully saturated rings. The van der Waals surface area contributed by atoms with Crippen molar-refractivity contribution < 1.29 is 35.5 Å². The number of para-hydroxylation sites is 1. The van der Waals surface area contributed by atoms with Gasteiger partial charge in [-0.1, -0.05) is 25.1 Å². The van der Waals surface area contributed by atoms with Gasteiger partial charge >= 0.3 is 21.5 Å². The van der Waals surface area contributed by atoms with Gasteiger partial charge in [-0.15, -0.1) is 0 Å². The highest BCUT2D eigenvalue weighted by molar-refractivity contribution is 9.10. The van der Waals surface area contributed by atoms with Gasteiger partial charge in [0.05, 0.1) is 22.5 Å². The fourth-order valence-corrected chi connectivity index (χ4v) is 5.74. The number of carbonyl (C=O) groups excluding carboxylic acids is 1. The van der Waals surface area contributed by atoms with Crippen molar-refractivity contribution in [3.8, 4) is 11.3 Å². The monoisotopic (exact) mass is 639 g/mol. The van der Waals surface area contributed by atoms with Crippen molar-refractivity contribution in [2.24, 2.45) is 0 Å². The Kier molecular flexibility index (Phi) is 7.47. The third-order valence-electron chi connectivity index (χ3n) is 6.58. The second-order valence-corrected chi connectivity index (χ2v) is 11.8. The van der Waals surface area contributed by atoms with E-state index < -0.39 is 21.5 Å². The molecule has 2 heterocycles. The molecule has 1 aliphatic rings. The number of fused-ring (bicyclic) bond motifs is 1. The minimum Gasteiger partial charge on any atom is -0.461 e. The van der Waals surface area contributed by atoms with Crippen LogP contribution >= 0.6 is 15.9 Å². The number of nitrogens with zero attached hydrogens (tertiary/aromatic N) is 2. The molecule has 212 valence electrons. The standard InChI is InChI=1S/C27H25BrF3N3O5S/c1-3-21-32-23(16-10-11-16)24(26(35)38-4-2)34(21)14-15-9-12-20-18(13-15)22(28)25(39-20)17-7-5-6-8-19(17)33-40(36,37)27(29,30)31/h5-9,12-13,16,33H,3-4,10-11,14H2,1-2H3. The van der Waals surface area contributed by atoms with E-state index in [9.17, 15) is 26.4 Å². The minimum atomic E-state index is -5.64. The van der Waals surface area contributed by atoms with Crippen LogP contribution in [0.25, 0.3) is 22.3 Å². The first-order valence-electron chi connectivity index (χ1n) is 12.6. The Labute approximate surface area is 236 Å². The molecular weight excluding hydrogens is 615 g/mol. The molecule has 0 aliphatic heterocycles. The lowest BCUT2D eigenvalue weighted by Crippen LogP contribution is -2.30. The van der Waals surface area contributed by atoms with Crippen LogP contribution in [0.2, 0.25) is 0 Å². The number of carbonyl (C=O) groups is 1. The predicted molar refractivity (Wildman–Crippen MR) is 147 cm³/mol. The topological polar surface area (TPSA) is 103 Å². The lowest BCUT2D eigenvalue weighted by atomic mass is 10.1. The van der Waals surface area contributed by atoms with Gasteiger partial charge in [0.25, 0.3) is 0 Å². The molecule has 0 atom stereocenters. The van der Waals surface area contributed by atoms with Gasteiger partial charge < -0.3 is 13.7 Å². The second kappa shape index (κ2) is 10.6. The van der Waals surface area contributed by atoms with Crippen molar-refractivity contribution in [2.45, 2.75) is 51.1 Å². The molecule has 1 saturated carbocycles. The van der Waals surface area contributed by atoms with Crippen molar-refractivity contribution in [3.05, 3.63) is 69.7 Å². The van der Waals surface area contributed by atoms with Crippen LogP contribution in [0.5, 0.6) is 0 Å². The van der Waals surface area contributed by atoms with E-state index in [-0.39, 0.29) is 29.5 Å². The van der Waals surface area contributed by atoms with Gasteiger partial charge in [-0.2, -0.15) is 21.6 Å². The number of nitrogens with one attached hydrogen (secondary N) is 1.